The minimum atomic E-state index is -0.252. The SMILES string of the molecule is COc1ccc([C@H]2CC(=O)N3CN(CCC(C)C)CSC3=C2C#N)cc1OC. The summed E-state index contributed by atoms with van der Waals surface area (Å²) in [5.41, 5.74) is 1.57. The van der Waals surface area contributed by atoms with Crippen molar-refractivity contribution in [3.8, 4) is 17.6 Å². The van der Waals surface area contributed by atoms with Crippen LogP contribution < -0.4 is 9.47 Å². The van der Waals surface area contributed by atoms with Gasteiger partial charge in [-0.2, -0.15) is 5.26 Å². The molecule has 7 heteroatoms. The molecule has 2 aliphatic rings. The Morgan fingerprint density at radius 1 is 1.29 bits per heavy atom. The predicted octanol–water partition coefficient (Wildman–Crippen LogP) is 3.76. The molecule has 2 heterocycles. The number of benzene rings is 1. The van der Waals surface area contributed by atoms with Crippen molar-refractivity contribution in [2.75, 3.05) is 33.3 Å². The summed E-state index contributed by atoms with van der Waals surface area (Å²) >= 11 is 1.59. The third-order valence-corrected chi connectivity index (χ3v) is 6.39. The third kappa shape index (κ3) is 4.13. The van der Waals surface area contributed by atoms with E-state index in [4.69, 9.17) is 9.47 Å². The summed E-state index contributed by atoms with van der Waals surface area (Å²) in [6, 6.07) is 7.98. The number of rotatable bonds is 6. The van der Waals surface area contributed by atoms with Crippen LogP contribution in [0.4, 0.5) is 0 Å². The number of hydrogen-bond donors (Lipinski definition) is 0. The van der Waals surface area contributed by atoms with E-state index < -0.39 is 0 Å². The van der Waals surface area contributed by atoms with Crippen molar-refractivity contribution in [2.24, 2.45) is 5.92 Å². The van der Waals surface area contributed by atoms with Gasteiger partial charge in [0, 0.05) is 18.9 Å². The predicted molar refractivity (Wildman–Crippen MR) is 110 cm³/mol. The van der Waals surface area contributed by atoms with Crippen molar-refractivity contribution < 1.29 is 14.3 Å². The highest BCUT2D eigenvalue weighted by atomic mass is 32.2. The number of methoxy groups -OCH3 is 2. The number of hydrogen-bond acceptors (Lipinski definition) is 6. The maximum absolute atomic E-state index is 12.9. The molecule has 0 aliphatic carbocycles. The summed E-state index contributed by atoms with van der Waals surface area (Å²) in [5, 5.41) is 10.7. The Morgan fingerprint density at radius 3 is 2.68 bits per heavy atom. The second-order valence-corrected chi connectivity index (χ2v) is 8.45. The zero-order chi connectivity index (χ0) is 20.3. The molecule has 150 valence electrons. The van der Waals surface area contributed by atoms with Gasteiger partial charge in [-0.05, 0) is 30.0 Å². The van der Waals surface area contributed by atoms with Gasteiger partial charge in [-0.25, -0.2) is 0 Å². The molecule has 1 atom stereocenters. The number of amides is 1. The average molecular weight is 402 g/mol. The first kappa shape index (κ1) is 20.6. The summed E-state index contributed by atoms with van der Waals surface area (Å²) in [6.45, 7) is 5.94. The van der Waals surface area contributed by atoms with Crippen molar-refractivity contribution in [1.29, 1.82) is 5.26 Å². The zero-order valence-electron chi connectivity index (χ0n) is 16.9. The lowest BCUT2D eigenvalue weighted by atomic mass is 9.86. The van der Waals surface area contributed by atoms with Crippen LogP contribution in [-0.2, 0) is 4.79 Å². The molecule has 0 radical (unpaired) electrons. The molecule has 0 N–H and O–H groups in total. The van der Waals surface area contributed by atoms with Crippen LogP contribution in [0.5, 0.6) is 11.5 Å². The van der Waals surface area contributed by atoms with Crippen LogP contribution in [0.2, 0.25) is 0 Å². The molecule has 0 spiro atoms. The van der Waals surface area contributed by atoms with Crippen molar-refractivity contribution in [3.63, 3.8) is 0 Å². The Kier molecular flexibility index (Phi) is 6.53. The van der Waals surface area contributed by atoms with E-state index in [1.165, 1.54) is 0 Å². The van der Waals surface area contributed by atoms with Crippen LogP contribution in [-0.4, -0.2) is 49.0 Å². The lowest BCUT2D eigenvalue weighted by Gasteiger charge is -2.41. The van der Waals surface area contributed by atoms with Gasteiger partial charge in [-0.3, -0.25) is 14.6 Å². The summed E-state index contributed by atoms with van der Waals surface area (Å²) in [7, 11) is 3.17. The number of thioether (sulfide) groups is 1. The van der Waals surface area contributed by atoms with Crippen LogP contribution in [0.15, 0.2) is 28.8 Å². The molecule has 28 heavy (non-hydrogen) atoms. The van der Waals surface area contributed by atoms with Crippen LogP contribution in [0.1, 0.15) is 38.2 Å². The Morgan fingerprint density at radius 2 is 2.04 bits per heavy atom. The smallest absolute Gasteiger partial charge is 0.229 e. The molecular weight excluding hydrogens is 374 g/mol. The van der Waals surface area contributed by atoms with Crippen molar-refractivity contribution in [3.05, 3.63) is 34.4 Å². The topological polar surface area (TPSA) is 65.8 Å². The standard InChI is InChI=1S/C21H27N3O3S/c1-14(2)7-8-23-12-24-20(25)10-16(17(11-22)21(24)28-13-23)15-5-6-18(26-3)19(9-15)27-4/h5-6,9,14,16H,7-8,10,12-13H2,1-4H3/t16-/m1/s1. The number of fused-ring (bicyclic) bond motifs is 1. The van der Waals surface area contributed by atoms with Gasteiger partial charge in [0.15, 0.2) is 11.5 Å². The first-order valence-corrected chi connectivity index (χ1v) is 10.5. The van der Waals surface area contributed by atoms with E-state index in [9.17, 15) is 10.1 Å². The van der Waals surface area contributed by atoms with E-state index in [0.717, 1.165) is 29.4 Å². The highest BCUT2D eigenvalue weighted by Gasteiger charge is 2.38. The van der Waals surface area contributed by atoms with Gasteiger partial charge in [0.1, 0.15) is 0 Å². The fraction of sp³-hybridized carbons (Fsp3) is 0.524. The highest BCUT2D eigenvalue weighted by molar-refractivity contribution is 8.03. The van der Waals surface area contributed by atoms with E-state index in [1.54, 1.807) is 30.9 Å². The Hall–Kier alpha value is -2.17. The number of carbonyl (C=O) groups is 1. The van der Waals surface area contributed by atoms with Gasteiger partial charge in [-0.15, -0.1) is 0 Å². The fourth-order valence-corrected chi connectivity index (χ4v) is 4.72. The lowest BCUT2D eigenvalue weighted by Crippen LogP contribution is -2.47. The molecular formula is C21H27N3O3S. The lowest BCUT2D eigenvalue weighted by molar-refractivity contribution is -0.131. The summed E-state index contributed by atoms with van der Waals surface area (Å²) < 4.78 is 10.7. The molecule has 6 nitrogen and oxygen atoms in total. The number of carbonyl (C=O) groups excluding carboxylic acids is 1. The second kappa shape index (κ2) is 8.89. The van der Waals surface area contributed by atoms with Crippen molar-refractivity contribution in [1.82, 2.24) is 9.80 Å². The maximum atomic E-state index is 12.9. The number of nitriles is 1. The van der Waals surface area contributed by atoms with E-state index in [1.807, 2.05) is 18.2 Å². The van der Waals surface area contributed by atoms with Gasteiger partial charge in [0.05, 0.1) is 43.4 Å². The fourth-order valence-electron chi connectivity index (χ4n) is 3.54. The van der Waals surface area contributed by atoms with Crippen LogP contribution in [0.25, 0.3) is 0 Å². The zero-order valence-corrected chi connectivity index (χ0v) is 17.7. The molecule has 0 unspecified atom stereocenters. The minimum Gasteiger partial charge on any atom is -0.493 e. The molecule has 2 aliphatic heterocycles. The summed E-state index contributed by atoms with van der Waals surface area (Å²) in [5.74, 6) is 2.48. The normalized spacial score (nSPS) is 20.2. The van der Waals surface area contributed by atoms with E-state index in [0.29, 0.717) is 36.1 Å². The van der Waals surface area contributed by atoms with Gasteiger partial charge < -0.3 is 9.47 Å². The van der Waals surface area contributed by atoms with Crippen molar-refractivity contribution in [2.45, 2.75) is 32.6 Å². The first-order chi connectivity index (χ1) is 13.5. The van der Waals surface area contributed by atoms with Crippen LogP contribution >= 0.6 is 11.8 Å². The van der Waals surface area contributed by atoms with Crippen LogP contribution in [0.3, 0.4) is 0 Å². The first-order valence-electron chi connectivity index (χ1n) is 9.50. The Labute approximate surface area is 171 Å². The largest absolute Gasteiger partial charge is 0.493 e. The third-order valence-electron chi connectivity index (χ3n) is 5.18. The van der Waals surface area contributed by atoms with Crippen LogP contribution in [0, 0.1) is 17.2 Å². The van der Waals surface area contributed by atoms with Gasteiger partial charge in [-0.1, -0.05) is 31.7 Å². The minimum absolute atomic E-state index is 0.0653. The molecule has 1 amide bonds. The molecule has 1 fully saturated rings. The second-order valence-electron chi connectivity index (χ2n) is 7.52. The quantitative estimate of drug-likeness (QED) is 0.723. The monoisotopic (exact) mass is 401 g/mol. The summed E-state index contributed by atoms with van der Waals surface area (Å²) in [6.07, 6.45) is 1.39. The van der Waals surface area contributed by atoms with Crippen molar-refractivity contribution >= 4 is 17.7 Å². The van der Waals surface area contributed by atoms with E-state index in [-0.39, 0.29) is 11.8 Å². The summed E-state index contributed by atoms with van der Waals surface area (Å²) in [4.78, 5) is 17.0. The van der Waals surface area contributed by atoms with Gasteiger partial charge >= 0.3 is 0 Å². The average Bonchev–Trinajstić information content (AvgIpc) is 2.71. The molecule has 0 aromatic heterocycles. The highest BCUT2D eigenvalue weighted by Crippen LogP contribution is 2.44. The maximum Gasteiger partial charge on any atom is 0.229 e. The molecule has 0 saturated carbocycles. The van der Waals surface area contributed by atoms with Gasteiger partial charge in [0.25, 0.3) is 0 Å². The number of allylic oxidation sites excluding steroid dienone is 1. The molecule has 1 aromatic carbocycles. The molecule has 1 saturated heterocycles. The Balaban J connectivity index is 1.88. The van der Waals surface area contributed by atoms with E-state index in [2.05, 4.69) is 24.8 Å². The molecule has 0 bridgehead atoms. The molecule has 1 aromatic rings. The number of nitrogens with zero attached hydrogens (tertiary/aromatic N) is 3. The van der Waals surface area contributed by atoms with Gasteiger partial charge in [0.2, 0.25) is 5.91 Å². The molecule has 3 rings (SSSR count). The van der Waals surface area contributed by atoms with E-state index >= 15 is 0 Å². The number of ether oxygens (including phenoxy) is 2. The Bertz CT molecular complexity index is 816.